The summed E-state index contributed by atoms with van der Waals surface area (Å²) in [5, 5.41) is 0. The van der Waals surface area contributed by atoms with Gasteiger partial charge in [0.25, 0.3) is 11.7 Å². The fraction of sp³-hybridized carbons (Fsp3) is 0.529. The summed E-state index contributed by atoms with van der Waals surface area (Å²) in [6.07, 6.45) is 1.98. The number of benzene rings is 1. The maximum Gasteiger partial charge on any atom is 0.294 e. The summed E-state index contributed by atoms with van der Waals surface area (Å²) in [6, 6.07) is 3.93. The monoisotopic (exact) mass is 273 g/mol. The summed E-state index contributed by atoms with van der Waals surface area (Å²) in [7, 11) is 0. The van der Waals surface area contributed by atoms with Crippen molar-refractivity contribution in [3.05, 3.63) is 34.4 Å². The fourth-order valence-corrected chi connectivity index (χ4v) is 3.00. The van der Waals surface area contributed by atoms with Crippen molar-refractivity contribution in [1.82, 2.24) is 4.90 Å². The Labute approximate surface area is 121 Å². The number of ketones is 1. The van der Waals surface area contributed by atoms with Crippen molar-refractivity contribution in [1.29, 1.82) is 0 Å². The zero-order chi connectivity index (χ0) is 14.9. The molecule has 0 aliphatic carbocycles. The lowest BCUT2D eigenvalue weighted by molar-refractivity contribution is -0.127. The summed E-state index contributed by atoms with van der Waals surface area (Å²) in [5.41, 5.74) is 3.49. The molecule has 1 fully saturated rings. The van der Waals surface area contributed by atoms with Gasteiger partial charge in [-0.1, -0.05) is 24.6 Å². The molecule has 1 aliphatic heterocycles. The van der Waals surface area contributed by atoms with E-state index < -0.39 is 0 Å². The van der Waals surface area contributed by atoms with Crippen LogP contribution in [0.3, 0.4) is 0 Å². The molecule has 1 heterocycles. The predicted octanol–water partition coefficient (Wildman–Crippen LogP) is 3.05. The summed E-state index contributed by atoms with van der Waals surface area (Å²) in [5.74, 6) is -0.0431. The second-order valence-corrected chi connectivity index (χ2v) is 6.08. The first-order valence-corrected chi connectivity index (χ1v) is 7.31. The SMILES string of the molecule is Cc1cc(C)c(C(=O)C(=O)N2CCC(C)CC2)c(C)c1. The van der Waals surface area contributed by atoms with Crippen molar-refractivity contribution in [2.45, 2.75) is 40.5 Å². The molecule has 0 bridgehead atoms. The van der Waals surface area contributed by atoms with E-state index in [2.05, 4.69) is 6.92 Å². The van der Waals surface area contributed by atoms with Crippen LogP contribution in [0.2, 0.25) is 0 Å². The number of hydrogen-bond acceptors (Lipinski definition) is 2. The van der Waals surface area contributed by atoms with E-state index in [0.29, 0.717) is 24.6 Å². The molecule has 20 heavy (non-hydrogen) atoms. The average molecular weight is 273 g/mol. The van der Waals surface area contributed by atoms with E-state index in [1.807, 2.05) is 32.9 Å². The highest BCUT2D eigenvalue weighted by Crippen LogP contribution is 2.20. The minimum Gasteiger partial charge on any atom is -0.336 e. The first kappa shape index (κ1) is 14.8. The van der Waals surface area contributed by atoms with Crippen molar-refractivity contribution in [3.63, 3.8) is 0 Å². The Morgan fingerprint density at radius 2 is 1.55 bits per heavy atom. The first-order valence-electron chi connectivity index (χ1n) is 7.31. The number of Topliss-reactive ketones (excluding diaryl/α,β-unsaturated/α-hetero) is 1. The lowest BCUT2D eigenvalue weighted by atomic mass is 9.94. The molecule has 3 heteroatoms. The molecule has 3 nitrogen and oxygen atoms in total. The maximum atomic E-state index is 12.5. The van der Waals surface area contributed by atoms with Crippen LogP contribution in [-0.4, -0.2) is 29.7 Å². The number of aryl methyl sites for hydroxylation is 3. The van der Waals surface area contributed by atoms with Gasteiger partial charge in [0.2, 0.25) is 0 Å². The number of amides is 1. The molecule has 1 amide bonds. The maximum absolute atomic E-state index is 12.5. The predicted molar refractivity (Wildman–Crippen MR) is 80.0 cm³/mol. The van der Waals surface area contributed by atoms with Crippen molar-refractivity contribution < 1.29 is 9.59 Å². The van der Waals surface area contributed by atoms with Crippen molar-refractivity contribution >= 4 is 11.7 Å². The average Bonchev–Trinajstić information content (AvgIpc) is 2.37. The summed E-state index contributed by atoms with van der Waals surface area (Å²) >= 11 is 0. The van der Waals surface area contributed by atoms with E-state index in [4.69, 9.17) is 0 Å². The third-order valence-electron chi connectivity index (χ3n) is 4.17. The fourth-order valence-electron chi connectivity index (χ4n) is 3.00. The number of likely N-dealkylation sites (tertiary alicyclic amines) is 1. The second kappa shape index (κ2) is 5.78. The lowest BCUT2D eigenvalue weighted by Crippen LogP contribution is -2.42. The van der Waals surface area contributed by atoms with Gasteiger partial charge in [0.05, 0.1) is 0 Å². The molecule has 0 radical (unpaired) electrons. The van der Waals surface area contributed by atoms with Crippen molar-refractivity contribution in [2.24, 2.45) is 5.92 Å². The van der Waals surface area contributed by atoms with Gasteiger partial charge in [-0.05, 0) is 50.7 Å². The Morgan fingerprint density at radius 1 is 1.05 bits per heavy atom. The molecule has 1 saturated heterocycles. The molecule has 0 spiro atoms. The number of carbonyl (C=O) groups excluding carboxylic acids is 2. The number of rotatable bonds is 2. The zero-order valence-electron chi connectivity index (χ0n) is 12.8. The van der Waals surface area contributed by atoms with Crippen LogP contribution in [0.15, 0.2) is 12.1 Å². The van der Waals surface area contributed by atoms with E-state index in [1.54, 1.807) is 4.90 Å². The summed E-state index contributed by atoms with van der Waals surface area (Å²) < 4.78 is 0. The number of carbonyl (C=O) groups is 2. The zero-order valence-corrected chi connectivity index (χ0v) is 12.8. The number of hydrogen-bond donors (Lipinski definition) is 0. The van der Waals surface area contributed by atoms with Crippen molar-refractivity contribution in [2.75, 3.05) is 13.1 Å². The van der Waals surface area contributed by atoms with Gasteiger partial charge in [-0.3, -0.25) is 9.59 Å². The Morgan fingerprint density at radius 3 is 2.05 bits per heavy atom. The molecule has 0 N–H and O–H groups in total. The van der Waals surface area contributed by atoms with Gasteiger partial charge in [-0.2, -0.15) is 0 Å². The minimum absolute atomic E-state index is 0.341. The first-order chi connectivity index (χ1) is 9.40. The van der Waals surface area contributed by atoms with Crippen LogP contribution < -0.4 is 0 Å². The van der Waals surface area contributed by atoms with Crippen LogP contribution in [-0.2, 0) is 4.79 Å². The molecule has 0 unspecified atom stereocenters. The highest BCUT2D eigenvalue weighted by Gasteiger charge is 2.28. The third kappa shape index (κ3) is 2.92. The van der Waals surface area contributed by atoms with Gasteiger partial charge in [0, 0.05) is 18.7 Å². The van der Waals surface area contributed by atoms with Crippen LogP contribution in [0.5, 0.6) is 0 Å². The van der Waals surface area contributed by atoms with Gasteiger partial charge < -0.3 is 4.90 Å². The Bertz CT molecular complexity index is 517. The third-order valence-corrected chi connectivity index (χ3v) is 4.17. The quantitative estimate of drug-likeness (QED) is 0.613. The Hall–Kier alpha value is -1.64. The Kier molecular flexibility index (Phi) is 4.26. The topological polar surface area (TPSA) is 37.4 Å². The molecular weight excluding hydrogens is 250 g/mol. The van der Waals surface area contributed by atoms with Crippen LogP contribution in [0, 0.1) is 26.7 Å². The molecule has 1 aromatic carbocycles. The summed E-state index contributed by atoms with van der Waals surface area (Å²) in [4.78, 5) is 26.6. The van der Waals surface area contributed by atoms with E-state index in [-0.39, 0.29) is 11.7 Å². The highest BCUT2D eigenvalue weighted by atomic mass is 16.2. The van der Waals surface area contributed by atoms with E-state index in [1.165, 1.54) is 0 Å². The van der Waals surface area contributed by atoms with E-state index >= 15 is 0 Å². The number of piperidine rings is 1. The molecule has 2 rings (SSSR count). The van der Waals surface area contributed by atoms with Gasteiger partial charge in [-0.15, -0.1) is 0 Å². The van der Waals surface area contributed by atoms with Gasteiger partial charge in [0.1, 0.15) is 0 Å². The van der Waals surface area contributed by atoms with Crippen LogP contribution >= 0.6 is 0 Å². The molecule has 1 aliphatic rings. The van der Waals surface area contributed by atoms with E-state index in [9.17, 15) is 9.59 Å². The van der Waals surface area contributed by atoms with Crippen LogP contribution in [0.25, 0.3) is 0 Å². The summed E-state index contributed by atoms with van der Waals surface area (Å²) in [6.45, 7) is 9.41. The van der Waals surface area contributed by atoms with Crippen molar-refractivity contribution in [3.8, 4) is 0 Å². The molecule has 0 saturated carbocycles. The largest absolute Gasteiger partial charge is 0.336 e. The lowest BCUT2D eigenvalue weighted by Gasteiger charge is -2.30. The molecule has 0 atom stereocenters. The molecular formula is C17H23NO2. The number of nitrogens with zero attached hydrogens (tertiary/aromatic N) is 1. The Balaban J connectivity index is 2.21. The molecule has 0 aromatic heterocycles. The second-order valence-electron chi connectivity index (χ2n) is 6.08. The van der Waals surface area contributed by atoms with Crippen LogP contribution in [0.1, 0.15) is 46.8 Å². The van der Waals surface area contributed by atoms with E-state index in [0.717, 1.165) is 29.5 Å². The minimum atomic E-state index is -0.352. The van der Waals surface area contributed by atoms with Gasteiger partial charge in [-0.25, -0.2) is 0 Å². The standard InChI is InChI=1S/C17H23NO2/c1-11-5-7-18(8-6-11)17(20)16(19)15-13(3)9-12(2)10-14(15)4/h9-11H,5-8H2,1-4H3. The van der Waals surface area contributed by atoms with Gasteiger partial charge in [0.15, 0.2) is 0 Å². The normalized spacial score (nSPS) is 16.3. The smallest absolute Gasteiger partial charge is 0.294 e. The molecule has 108 valence electrons. The molecule has 1 aromatic rings. The van der Waals surface area contributed by atoms with Crippen LogP contribution in [0.4, 0.5) is 0 Å². The highest BCUT2D eigenvalue weighted by molar-refractivity contribution is 6.43. The van der Waals surface area contributed by atoms with Gasteiger partial charge >= 0.3 is 0 Å².